The van der Waals surface area contributed by atoms with Crippen molar-refractivity contribution in [2.75, 3.05) is 0 Å². The second-order valence-corrected chi connectivity index (χ2v) is 1.04. The Kier molecular flexibility index (Phi) is 47.7. The molecule has 0 heterocycles. The summed E-state index contributed by atoms with van der Waals surface area (Å²) in [7, 11) is 0. The molecule has 0 aliphatic carbocycles. The fraction of sp³-hybridized carbons (Fsp3) is 0.800. The van der Waals surface area contributed by atoms with Crippen molar-refractivity contribution in [1.29, 1.82) is 0 Å². The monoisotopic (exact) mass is 173 g/mol. The molecule has 0 aromatic rings. The van der Waals surface area contributed by atoms with Crippen molar-refractivity contribution in [2.24, 2.45) is 5.16 Å². The molecule has 0 aromatic heterocycles. The van der Waals surface area contributed by atoms with E-state index in [0.717, 1.165) is 0 Å². The average molecular weight is 174 g/mol. The van der Waals surface area contributed by atoms with Crippen molar-refractivity contribution in [3.63, 3.8) is 0 Å². The van der Waals surface area contributed by atoms with E-state index in [0.29, 0.717) is 5.71 Å². The molecule has 2 nitrogen and oxygen atoms in total. The van der Waals surface area contributed by atoms with Crippen molar-refractivity contribution >= 4 is 25.5 Å². The van der Waals surface area contributed by atoms with Crippen LogP contribution in [0.2, 0.25) is 0 Å². The third kappa shape index (κ3) is 35.9. The van der Waals surface area contributed by atoms with E-state index >= 15 is 0 Å². The van der Waals surface area contributed by atoms with E-state index in [1.807, 2.05) is 0 Å². The van der Waals surface area contributed by atoms with Crippen molar-refractivity contribution < 1.29 is 0 Å². The smallest absolute Gasteiger partial charge is 0.000668 e. The Hall–Kier alpha value is 0.106. The third-order valence-electron chi connectivity index (χ3n) is 0.183. The van der Waals surface area contributed by atoms with Gasteiger partial charge in [-0.1, -0.05) is 14.9 Å². The molecular formula is C5H14GaNO-. The van der Waals surface area contributed by atoms with Gasteiger partial charge in [-0.2, -0.15) is 0 Å². The Morgan fingerprint density at radius 3 is 1.38 bits per heavy atom. The molecule has 0 rings (SSSR count). The maximum absolute atomic E-state index is 9.22. The van der Waals surface area contributed by atoms with Gasteiger partial charge in [-0.05, 0) is 13.8 Å². The van der Waals surface area contributed by atoms with E-state index in [9.17, 15) is 5.21 Å². The quantitative estimate of drug-likeness (QED) is 0.313. The third-order valence-corrected chi connectivity index (χ3v) is 0.183. The minimum Gasteiger partial charge on any atom is -0.792 e. The van der Waals surface area contributed by atoms with Crippen molar-refractivity contribution in [2.45, 2.75) is 28.7 Å². The number of hydrogen-bond acceptors (Lipinski definition) is 2. The molecule has 0 fully saturated rings. The summed E-state index contributed by atoms with van der Waals surface area (Å²) in [4.78, 5) is 0. The van der Waals surface area contributed by atoms with E-state index in [1.54, 1.807) is 13.8 Å². The van der Waals surface area contributed by atoms with E-state index in [2.05, 4.69) is 5.16 Å². The molecule has 0 amide bonds. The van der Waals surface area contributed by atoms with Gasteiger partial charge in [-0.15, -0.1) is 0 Å². The molecule has 0 unspecified atom stereocenters. The zero-order valence-electron chi connectivity index (χ0n) is 3.93. The zero-order valence-corrected chi connectivity index (χ0v) is 6.36. The SMILES string of the molecule is C.C.CC(C)=N[O-].[Ga]. The Morgan fingerprint density at radius 1 is 1.25 bits per heavy atom. The molecule has 3 heteroatoms. The predicted molar refractivity (Wildman–Crippen MR) is 41.4 cm³/mol. The maximum atomic E-state index is 9.22. The van der Waals surface area contributed by atoms with Crippen LogP contribution in [-0.2, 0) is 0 Å². The molecule has 0 saturated heterocycles. The molecule has 0 atom stereocenters. The second kappa shape index (κ2) is 15.7. The summed E-state index contributed by atoms with van der Waals surface area (Å²) in [6.45, 7) is 3.32. The number of nitrogens with zero attached hydrogens (tertiary/aromatic N) is 1. The number of hydrogen-bond donors (Lipinski definition) is 0. The van der Waals surface area contributed by atoms with Crippen LogP contribution < -0.4 is 0 Å². The molecule has 0 aliphatic rings. The molecule has 0 N–H and O–H groups in total. The summed E-state index contributed by atoms with van der Waals surface area (Å²) in [5.74, 6) is 0. The van der Waals surface area contributed by atoms with Gasteiger partial charge in [0.1, 0.15) is 0 Å². The van der Waals surface area contributed by atoms with Crippen LogP contribution in [-0.4, -0.2) is 25.5 Å². The van der Waals surface area contributed by atoms with Gasteiger partial charge in [0.05, 0.1) is 0 Å². The van der Waals surface area contributed by atoms with Gasteiger partial charge in [0.2, 0.25) is 0 Å². The van der Waals surface area contributed by atoms with Gasteiger partial charge in [0.15, 0.2) is 0 Å². The summed E-state index contributed by atoms with van der Waals surface area (Å²) in [6, 6.07) is 0. The maximum Gasteiger partial charge on any atom is 0.000668 e. The summed E-state index contributed by atoms with van der Waals surface area (Å²) in [5, 5.41) is 11.8. The normalized spacial score (nSPS) is 4.25. The van der Waals surface area contributed by atoms with Gasteiger partial charge >= 0.3 is 0 Å². The summed E-state index contributed by atoms with van der Waals surface area (Å²) in [6.07, 6.45) is 0. The van der Waals surface area contributed by atoms with Crippen molar-refractivity contribution in [3.05, 3.63) is 5.21 Å². The first-order chi connectivity index (χ1) is 2.27. The Labute approximate surface area is 65.0 Å². The van der Waals surface area contributed by atoms with Crippen LogP contribution in [0.4, 0.5) is 0 Å². The average Bonchev–Trinajstić information content (AvgIpc) is 1.38. The molecule has 8 heavy (non-hydrogen) atoms. The first-order valence-electron chi connectivity index (χ1n) is 1.41. The molecule has 3 radical (unpaired) electrons. The zero-order chi connectivity index (χ0) is 4.28. The Balaban J connectivity index is -0.0000000267. The van der Waals surface area contributed by atoms with Crippen molar-refractivity contribution in [1.82, 2.24) is 0 Å². The van der Waals surface area contributed by atoms with E-state index < -0.39 is 0 Å². The van der Waals surface area contributed by atoms with E-state index in [-0.39, 0.29) is 34.6 Å². The minimum absolute atomic E-state index is 0. The molecular weight excluding hydrogens is 160 g/mol. The van der Waals surface area contributed by atoms with Crippen LogP contribution >= 0.6 is 0 Å². The summed E-state index contributed by atoms with van der Waals surface area (Å²) >= 11 is 0. The van der Waals surface area contributed by atoms with Gasteiger partial charge in [0, 0.05) is 25.5 Å². The Bertz CT molecular complexity index is 50.4. The topological polar surface area (TPSA) is 35.4 Å². The first kappa shape index (κ1) is 24.3. The van der Waals surface area contributed by atoms with Gasteiger partial charge < -0.3 is 10.4 Å². The first-order valence-corrected chi connectivity index (χ1v) is 1.41. The molecule has 49 valence electrons. The van der Waals surface area contributed by atoms with Gasteiger partial charge in [-0.25, -0.2) is 0 Å². The van der Waals surface area contributed by atoms with Crippen LogP contribution in [0.5, 0.6) is 0 Å². The van der Waals surface area contributed by atoms with Crippen LogP contribution in [0, 0.1) is 5.21 Å². The fourth-order valence-corrected chi connectivity index (χ4v) is 0. The molecule has 0 saturated carbocycles. The van der Waals surface area contributed by atoms with Crippen LogP contribution in [0.1, 0.15) is 28.7 Å². The largest absolute Gasteiger partial charge is 0.792 e. The van der Waals surface area contributed by atoms with Crippen LogP contribution in [0.25, 0.3) is 0 Å². The van der Waals surface area contributed by atoms with E-state index in [1.165, 1.54) is 0 Å². The molecule has 0 spiro atoms. The van der Waals surface area contributed by atoms with Gasteiger partial charge in [-0.3, -0.25) is 0 Å². The van der Waals surface area contributed by atoms with Crippen LogP contribution in [0.3, 0.4) is 0 Å². The number of rotatable bonds is 0. The molecule has 0 aromatic carbocycles. The van der Waals surface area contributed by atoms with Gasteiger partial charge in [0.25, 0.3) is 0 Å². The predicted octanol–water partition coefficient (Wildman–Crippen LogP) is 1.86. The second-order valence-electron chi connectivity index (χ2n) is 1.04. The molecule has 0 bridgehead atoms. The van der Waals surface area contributed by atoms with E-state index in [4.69, 9.17) is 0 Å². The molecule has 0 aliphatic heterocycles. The fourth-order valence-electron chi connectivity index (χ4n) is 0. The summed E-state index contributed by atoms with van der Waals surface area (Å²) in [5.41, 5.74) is 0.574. The standard InChI is InChI=1S/C3H7NO.2CH4.Ga/c1-3(2)4-5;;;/h5H,1-2H3;2*1H4;/p-1. The Morgan fingerprint density at radius 2 is 1.38 bits per heavy atom. The summed E-state index contributed by atoms with van der Waals surface area (Å²) < 4.78 is 0. The van der Waals surface area contributed by atoms with Crippen LogP contribution in [0.15, 0.2) is 5.16 Å². The minimum atomic E-state index is 0. The van der Waals surface area contributed by atoms with Crippen molar-refractivity contribution in [3.8, 4) is 0 Å².